The summed E-state index contributed by atoms with van der Waals surface area (Å²) in [5.41, 5.74) is -1.01. The predicted molar refractivity (Wildman–Crippen MR) is 59.6 cm³/mol. The van der Waals surface area contributed by atoms with Gasteiger partial charge in [0.15, 0.2) is 6.29 Å². The summed E-state index contributed by atoms with van der Waals surface area (Å²) in [5, 5.41) is 29.0. The largest absolute Gasteiger partial charge is 0.507 e. The van der Waals surface area contributed by atoms with E-state index in [-0.39, 0.29) is 17.1 Å². The third kappa shape index (κ3) is 1.48. The normalized spacial score (nSPS) is 10.4. The van der Waals surface area contributed by atoms with Crippen molar-refractivity contribution in [2.45, 2.75) is 0 Å². The molecule has 2 rings (SSSR count). The Bertz CT molecular complexity index is 630. The molecule has 0 aliphatic rings. The van der Waals surface area contributed by atoms with E-state index in [0.29, 0.717) is 0 Å². The quantitative estimate of drug-likeness (QED) is 0.541. The van der Waals surface area contributed by atoms with Gasteiger partial charge < -0.3 is 15.3 Å². The number of aromatic carboxylic acids is 1. The van der Waals surface area contributed by atoms with E-state index in [1.54, 1.807) is 12.1 Å². The van der Waals surface area contributed by atoms with Crippen molar-refractivity contribution < 1.29 is 24.9 Å². The first-order valence-electron chi connectivity index (χ1n) is 4.73. The van der Waals surface area contributed by atoms with Gasteiger partial charge in [0.05, 0.1) is 5.56 Å². The summed E-state index contributed by atoms with van der Waals surface area (Å²) in [5.74, 6) is -2.43. The van der Waals surface area contributed by atoms with Gasteiger partial charge in [0.1, 0.15) is 17.1 Å². The molecule has 2 aromatic carbocycles. The first-order valence-corrected chi connectivity index (χ1v) is 4.73. The van der Waals surface area contributed by atoms with Crippen molar-refractivity contribution in [2.75, 3.05) is 0 Å². The summed E-state index contributed by atoms with van der Waals surface area (Å²) in [6.45, 7) is 0. The van der Waals surface area contributed by atoms with E-state index in [2.05, 4.69) is 0 Å². The lowest BCUT2D eigenvalue weighted by Crippen LogP contribution is -2.03. The number of hydrogen-bond donors (Lipinski definition) is 3. The molecule has 86 valence electrons. The van der Waals surface area contributed by atoms with Crippen molar-refractivity contribution in [1.82, 2.24) is 0 Å². The molecule has 0 fully saturated rings. The molecule has 3 N–H and O–H groups in total. The Balaban J connectivity index is 3.04. The predicted octanol–water partition coefficient (Wildman–Crippen LogP) is 1.76. The van der Waals surface area contributed by atoms with Gasteiger partial charge in [-0.25, -0.2) is 4.79 Å². The minimum Gasteiger partial charge on any atom is -0.507 e. The number of aldehydes is 1. The second-order valence-electron chi connectivity index (χ2n) is 3.45. The van der Waals surface area contributed by atoms with Crippen LogP contribution in [0.2, 0.25) is 0 Å². The standard InChI is InChI=1S/C12H8O5/c13-5-8-9(12(16)17)11(15)7-4-2-1-3-6(7)10(8)14/h1-5,14-15H,(H,16,17). The van der Waals surface area contributed by atoms with Crippen LogP contribution < -0.4 is 0 Å². The van der Waals surface area contributed by atoms with Gasteiger partial charge in [-0.3, -0.25) is 4.79 Å². The SMILES string of the molecule is O=Cc1c(C(=O)O)c(O)c2ccccc2c1O. The number of phenolic OH excluding ortho intramolecular Hbond substituents is 1. The summed E-state index contributed by atoms with van der Waals surface area (Å²) in [6, 6.07) is 6.15. The Morgan fingerprint density at radius 2 is 1.59 bits per heavy atom. The average molecular weight is 232 g/mol. The molecule has 0 saturated heterocycles. The molecule has 0 amide bonds. The maximum absolute atomic E-state index is 11.0. The molecule has 0 radical (unpaired) electrons. The van der Waals surface area contributed by atoms with Gasteiger partial charge in [0.2, 0.25) is 0 Å². The van der Waals surface area contributed by atoms with Crippen molar-refractivity contribution in [3.8, 4) is 11.5 Å². The van der Waals surface area contributed by atoms with Crippen LogP contribution in [0.25, 0.3) is 10.8 Å². The number of carbonyl (C=O) groups is 2. The molecule has 0 aliphatic heterocycles. The van der Waals surface area contributed by atoms with Crippen molar-refractivity contribution in [3.05, 3.63) is 35.4 Å². The van der Waals surface area contributed by atoms with Crippen molar-refractivity contribution in [1.29, 1.82) is 0 Å². The lowest BCUT2D eigenvalue weighted by Gasteiger charge is -2.10. The highest BCUT2D eigenvalue weighted by atomic mass is 16.4. The van der Waals surface area contributed by atoms with Gasteiger partial charge in [0, 0.05) is 10.8 Å². The van der Waals surface area contributed by atoms with E-state index in [4.69, 9.17) is 5.11 Å². The Hall–Kier alpha value is -2.56. The molecule has 0 unspecified atom stereocenters. The number of rotatable bonds is 2. The summed E-state index contributed by atoms with van der Waals surface area (Å²) >= 11 is 0. The van der Waals surface area contributed by atoms with Crippen LogP contribution in [-0.2, 0) is 0 Å². The van der Waals surface area contributed by atoms with E-state index in [1.807, 2.05) is 0 Å². The Morgan fingerprint density at radius 3 is 2.06 bits per heavy atom. The lowest BCUT2D eigenvalue weighted by molar-refractivity contribution is 0.0690. The topological polar surface area (TPSA) is 94.8 Å². The molecule has 5 nitrogen and oxygen atoms in total. The van der Waals surface area contributed by atoms with Crippen LogP contribution in [-0.4, -0.2) is 27.6 Å². The summed E-state index contributed by atoms with van der Waals surface area (Å²) in [6.07, 6.45) is 0.213. The second-order valence-corrected chi connectivity index (χ2v) is 3.45. The minimum absolute atomic E-state index is 0.188. The molecule has 0 heterocycles. The Kier molecular flexibility index (Phi) is 2.44. The molecular formula is C12H8O5. The van der Waals surface area contributed by atoms with Gasteiger partial charge in [0.25, 0.3) is 0 Å². The highest BCUT2D eigenvalue weighted by Crippen LogP contribution is 2.38. The number of carbonyl (C=O) groups excluding carboxylic acids is 1. The Labute approximate surface area is 95.5 Å². The van der Waals surface area contributed by atoms with E-state index in [1.165, 1.54) is 12.1 Å². The number of carboxylic acids is 1. The van der Waals surface area contributed by atoms with E-state index in [0.717, 1.165) is 0 Å². The summed E-state index contributed by atoms with van der Waals surface area (Å²) < 4.78 is 0. The second kappa shape index (κ2) is 3.79. The zero-order valence-corrected chi connectivity index (χ0v) is 8.54. The van der Waals surface area contributed by atoms with Crippen LogP contribution in [0.1, 0.15) is 20.7 Å². The van der Waals surface area contributed by atoms with Crippen molar-refractivity contribution in [2.24, 2.45) is 0 Å². The molecule has 2 aromatic rings. The maximum atomic E-state index is 11.0. The van der Waals surface area contributed by atoms with Crippen molar-refractivity contribution in [3.63, 3.8) is 0 Å². The van der Waals surface area contributed by atoms with Gasteiger partial charge in [-0.1, -0.05) is 24.3 Å². The lowest BCUT2D eigenvalue weighted by atomic mass is 9.98. The fourth-order valence-electron chi connectivity index (χ4n) is 1.75. The summed E-state index contributed by atoms with van der Waals surface area (Å²) in [4.78, 5) is 21.8. The Morgan fingerprint density at radius 1 is 1.06 bits per heavy atom. The number of hydrogen-bond acceptors (Lipinski definition) is 4. The van der Waals surface area contributed by atoms with Crippen LogP contribution in [0.15, 0.2) is 24.3 Å². The maximum Gasteiger partial charge on any atom is 0.340 e. The van der Waals surface area contributed by atoms with Gasteiger partial charge >= 0.3 is 5.97 Å². The fraction of sp³-hybridized carbons (Fsp3) is 0. The number of benzene rings is 2. The number of aromatic hydroxyl groups is 2. The number of carboxylic acid groups (broad SMARTS) is 1. The molecular weight excluding hydrogens is 224 g/mol. The first-order chi connectivity index (χ1) is 8.07. The molecule has 0 saturated carbocycles. The van der Waals surface area contributed by atoms with E-state index in [9.17, 15) is 19.8 Å². The summed E-state index contributed by atoms with van der Waals surface area (Å²) in [7, 11) is 0. The highest BCUT2D eigenvalue weighted by Gasteiger charge is 2.22. The first kappa shape index (κ1) is 10.9. The molecule has 0 spiro atoms. The minimum atomic E-state index is -1.47. The zero-order chi connectivity index (χ0) is 12.6. The molecule has 0 atom stereocenters. The van der Waals surface area contributed by atoms with Gasteiger partial charge in [-0.15, -0.1) is 0 Å². The van der Waals surface area contributed by atoms with E-state index < -0.39 is 28.6 Å². The van der Waals surface area contributed by atoms with Gasteiger partial charge in [-0.2, -0.15) is 0 Å². The highest BCUT2D eigenvalue weighted by molar-refractivity contribution is 6.10. The molecule has 0 aliphatic carbocycles. The zero-order valence-electron chi connectivity index (χ0n) is 8.54. The molecule has 5 heteroatoms. The molecule has 17 heavy (non-hydrogen) atoms. The van der Waals surface area contributed by atoms with Crippen LogP contribution in [0.3, 0.4) is 0 Å². The molecule has 0 aromatic heterocycles. The van der Waals surface area contributed by atoms with Crippen LogP contribution in [0.4, 0.5) is 0 Å². The van der Waals surface area contributed by atoms with Crippen LogP contribution >= 0.6 is 0 Å². The fourth-order valence-corrected chi connectivity index (χ4v) is 1.75. The third-order valence-corrected chi connectivity index (χ3v) is 2.53. The third-order valence-electron chi connectivity index (χ3n) is 2.53. The number of fused-ring (bicyclic) bond motifs is 1. The van der Waals surface area contributed by atoms with Crippen molar-refractivity contribution >= 4 is 23.0 Å². The monoisotopic (exact) mass is 232 g/mol. The number of phenols is 2. The van der Waals surface area contributed by atoms with Crippen LogP contribution in [0.5, 0.6) is 11.5 Å². The van der Waals surface area contributed by atoms with E-state index >= 15 is 0 Å². The molecule has 0 bridgehead atoms. The smallest absolute Gasteiger partial charge is 0.340 e. The average Bonchev–Trinajstić information content (AvgIpc) is 2.33. The van der Waals surface area contributed by atoms with Gasteiger partial charge in [-0.05, 0) is 0 Å². The van der Waals surface area contributed by atoms with Crippen LogP contribution in [0, 0.1) is 0 Å².